The number of nitrogens with one attached hydrogen (secondary N) is 1. The molecule has 1 atom stereocenters. The first-order valence-corrected chi connectivity index (χ1v) is 6.02. The predicted octanol–water partition coefficient (Wildman–Crippen LogP) is 2.08. The molecule has 5 heteroatoms. The first kappa shape index (κ1) is 15.0. The van der Waals surface area contributed by atoms with Gasteiger partial charge in [0.15, 0.2) is 0 Å². The van der Waals surface area contributed by atoms with E-state index in [0.29, 0.717) is 0 Å². The van der Waals surface area contributed by atoms with Crippen LogP contribution in [-0.2, 0) is 21.1 Å². The van der Waals surface area contributed by atoms with E-state index >= 15 is 0 Å². The summed E-state index contributed by atoms with van der Waals surface area (Å²) >= 11 is 0. The third-order valence-corrected chi connectivity index (χ3v) is 2.26. The smallest absolute Gasteiger partial charge is 0.408 e. The van der Waals surface area contributed by atoms with E-state index in [4.69, 9.17) is 4.74 Å². The van der Waals surface area contributed by atoms with Gasteiger partial charge in [-0.05, 0) is 26.3 Å². The molecular formula is C14H18NO4. The van der Waals surface area contributed by atoms with Gasteiger partial charge >= 0.3 is 12.1 Å². The Bertz CT molecular complexity index is 437. The number of ether oxygens (including phenoxy) is 1. The molecule has 0 fully saturated rings. The molecule has 5 nitrogen and oxygen atoms in total. The summed E-state index contributed by atoms with van der Waals surface area (Å²) < 4.78 is 5.01. The Hall–Kier alpha value is -2.04. The maximum Gasteiger partial charge on any atom is 0.408 e. The van der Waals surface area contributed by atoms with Gasteiger partial charge in [0.25, 0.3) is 0 Å². The van der Waals surface area contributed by atoms with Crippen LogP contribution in [0.25, 0.3) is 0 Å². The molecule has 1 N–H and O–H groups in total. The van der Waals surface area contributed by atoms with Crippen molar-refractivity contribution < 1.29 is 19.4 Å². The van der Waals surface area contributed by atoms with E-state index < -0.39 is 23.7 Å². The molecule has 103 valence electrons. The van der Waals surface area contributed by atoms with Gasteiger partial charge in [0.1, 0.15) is 11.6 Å². The van der Waals surface area contributed by atoms with Crippen LogP contribution in [0.3, 0.4) is 0 Å². The normalized spacial score (nSPS) is 12.6. The average molecular weight is 264 g/mol. The number of rotatable bonds is 4. The van der Waals surface area contributed by atoms with Gasteiger partial charge in [-0.15, -0.1) is 0 Å². The zero-order chi connectivity index (χ0) is 14.5. The van der Waals surface area contributed by atoms with Crippen LogP contribution in [0.1, 0.15) is 26.3 Å². The van der Waals surface area contributed by atoms with Gasteiger partial charge < -0.3 is 10.1 Å². The second kappa shape index (κ2) is 6.22. The third-order valence-electron chi connectivity index (χ3n) is 2.26. The Morgan fingerprint density at radius 1 is 1.21 bits per heavy atom. The minimum atomic E-state index is -1.34. The Balaban J connectivity index is 2.64. The van der Waals surface area contributed by atoms with Crippen molar-refractivity contribution in [3.8, 4) is 0 Å². The minimum absolute atomic E-state index is 0.155. The molecule has 0 unspecified atom stereocenters. The third kappa shape index (κ3) is 5.90. The van der Waals surface area contributed by atoms with Gasteiger partial charge in [0, 0.05) is 6.42 Å². The first-order chi connectivity index (χ1) is 8.78. The van der Waals surface area contributed by atoms with Crippen LogP contribution in [0, 0.1) is 0 Å². The van der Waals surface area contributed by atoms with Gasteiger partial charge in [0.05, 0.1) is 0 Å². The fourth-order valence-corrected chi connectivity index (χ4v) is 1.49. The van der Waals surface area contributed by atoms with Gasteiger partial charge in [-0.25, -0.2) is 14.7 Å². The Labute approximate surface area is 112 Å². The fourth-order valence-electron chi connectivity index (χ4n) is 1.49. The quantitative estimate of drug-likeness (QED) is 0.904. The van der Waals surface area contributed by atoms with Crippen LogP contribution in [0.4, 0.5) is 4.79 Å². The van der Waals surface area contributed by atoms with Crippen LogP contribution in [-0.4, -0.2) is 23.7 Å². The molecule has 1 aromatic rings. The lowest BCUT2D eigenvalue weighted by Crippen LogP contribution is -2.44. The summed E-state index contributed by atoms with van der Waals surface area (Å²) in [5.41, 5.74) is 0.126. The first-order valence-electron chi connectivity index (χ1n) is 6.02. The number of alkyl carbamates (subject to hydrolysis) is 1. The summed E-state index contributed by atoms with van der Waals surface area (Å²) in [6, 6.07) is 7.89. The van der Waals surface area contributed by atoms with Crippen LogP contribution >= 0.6 is 0 Å². The molecule has 0 bridgehead atoms. The molecule has 0 heterocycles. The summed E-state index contributed by atoms with van der Waals surface area (Å²) in [6.45, 7) is 5.12. The van der Waals surface area contributed by atoms with Crippen LogP contribution < -0.4 is 5.32 Å². The molecule has 19 heavy (non-hydrogen) atoms. The summed E-state index contributed by atoms with van der Waals surface area (Å²) in [5, 5.41) is 13.3. The van der Waals surface area contributed by atoms with E-state index in [1.54, 1.807) is 45.0 Å². The highest BCUT2D eigenvalue weighted by Crippen LogP contribution is 2.08. The summed E-state index contributed by atoms with van der Waals surface area (Å²) in [4.78, 5) is 22.6. The summed E-state index contributed by atoms with van der Waals surface area (Å²) in [5.74, 6) is -1.34. The second-order valence-corrected chi connectivity index (χ2v) is 5.21. The molecule has 0 aliphatic rings. The highest BCUT2D eigenvalue weighted by Gasteiger charge is 2.25. The predicted molar refractivity (Wildman–Crippen MR) is 69.0 cm³/mol. The van der Waals surface area contributed by atoms with Gasteiger partial charge in [-0.3, -0.25) is 0 Å². The molecule has 1 aromatic carbocycles. The molecule has 1 radical (unpaired) electrons. The maximum absolute atomic E-state index is 11.5. The van der Waals surface area contributed by atoms with Crippen molar-refractivity contribution >= 4 is 12.1 Å². The van der Waals surface area contributed by atoms with Crippen molar-refractivity contribution in [1.29, 1.82) is 0 Å². The zero-order valence-electron chi connectivity index (χ0n) is 11.3. The van der Waals surface area contributed by atoms with E-state index in [9.17, 15) is 14.7 Å². The number of amides is 1. The van der Waals surface area contributed by atoms with Gasteiger partial charge in [-0.2, -0.15) is 0 Å². The van der Waals surface area contributed by atoms with Crippen molar-refractivity contribution in [2.24, 2.45) is 0 Å². The highest BCUT2D eigenvalue weighted by atomic mass is 16.6. The van der Waals surface area contributed by atoms with Crippen LogP contribution in [0.5, 0.6) is 0 Å². The molecule has 0 aliphatic heterocycles. The molecule has 0 saturated heterocycles. The second-order valence-electron chi connectivity index (χ2n) is 5.21. The van der Waals surface area contributed by atoms with Crippen molar-refractivity contribution in [1.82, 2.24) is 5.32 Å². The molecule has 0 aliphatic carbocycles. The van der Waals surface area contributed by atoms with Crippen LogP contribution in [0.15, 0.2) is 30.3 Å². The largest absolute Gasteiger partial charge is 0.444 e. The summed E-state index contributed by atoms with van der Waals surface area (Å²) in [6.07, 6.45) is -0.611. The zero-order valence-corrected chi connectivity index (χ0v) is 11.3. The van der Waals surface area contributed by atoms with Crippen LogP contribution in [0.2, 0.25) is 0 Å². The molecule has 1 amide bonds. The molecule has 0 spiro atoms. The Morgan fingerprint density at radius 3 is 2.26 bits per heavy atom. The molecule has 0 aromatic heterocycles. The number of carbonyl (C=O) groups is 2. The van der Waals surface area contributed by atoms with Gasteiger partial charge in [0.2, 0.25) is 0 Å². The lowest BCUT2D eigenvalue weighted by atomic mass is 10.1. The summed E-state index contributed by atoms with van der Waals surface area (Å²) in [7, 11) is 0. The van der Waals surface area contributed by atoms with Crippen molar-refractivity contribution in [3.63, 3.8) is 0 Å². The topological polar surface area (TPSA) is 75.3 Å². The van der Waals surface area contributed by atoms with Crippen molar-refractivity contribution in [2.75, 3.05) is 0 Å². The van der Waals surface area contributed by atoms with E-state index in [-0.39, 0.29) is 6.42 Å². The molecule has 0 saturated carbocycles. The highest BCUT2D eigenvalue weighted by molar-refractivity contribution is 5.80. The SMILES string of the molecule is CC(C)(C)OC(=O)N[C@@H](Cc1ccccc1)C([O])=O. The standard InChI is InChI=1S/C14H18NO4/c1-14(2,3)19-13(18)15-11(12(16)17)9-10-7-5-4-6-8-10/h4-8,11H,9H2,1-3H3,(H,15,18)/t11-/m0/s1. The maximum atomic E-state index is 11.5. The lowest BCUT2D eigenvalue weighted by Gasteiger charge is -2.21. The minimum Gasteiger partial charge on any atom is -0.444 e. The monoisotopic (exact) mass is 264 g/mol. The number of hydrogen-bond acceptors (Lipinski definition) is 3. The Kier molecular flexibility index (Phi) is 4.92. The molecule has 1 rings (SSSR count). The van der Waals surface area contributed by atoms with E-state index in [1.165, 1.54) is 0 Å². The number of carbonyl (C=O) groups excluding carboxylic acids is 2. The number of hydrogen-bond donors (Lipinski definition) is 1. The fraction of sp³-hybridized carbons (Fsp3) is 0.429. The average Bonchev–Trinajstić information content (AvgIpc) is 2.26. The van der Waals surface area contributed by atoms with E-state index in [2.05, 4.69) is 5.32 Å². The Morgan fingerprint density at radius 2 is 1.79 bits per heavy atom. The van der Waals surface area contributed by atoms with E-state index in [1.807, 2.05) is 6.07 Å². The molecular weight excluding hydrogens is 246 g/mol. The lowest BCUT2D eigenvalue weighted by molar-refractivity contribution is -0.145. The van der Waals surface area contributed by atoms with E-state index in [0.717, 1.165) is 5.56 Å². The number of benzene rings is 1. The van der Waals surface area contributed by atoms with Gasteiger partial charge in [-0.1, -0.05) is 30.3 Å². The van der Waals surface area contributed by atoms with Crippen molar-refractivity contribution in [3.05, 3.63) is 35.9 Å². The van der Waals surface area contributed by atoms with Crippen molar-refractivity contribution in [2.45, 2.75) is 38.8 Å².